The number of para-hydroxylation sites is 1. The van der Waals surface area contributed by atoms with E-state index in [1.807, 2.05) is 30.3 Å². The Balaban J connectivity index is 1.22. The van der Waals surface area contributed by atoms with Crippen LogP contribution in [0, 0.1) is 5.82 Å². The van der Waals surface area contributed by atoms with Gasteiger partial charge >= 0.3 is 0 Å². The maximum Gasteiger partial charge on any atom is 0.244 e. The summed E-state index contributed by atoms with van der Waals surface area (Å²) < 4.78 is 20.2. The summed E-state index contributed by atoms with van der Waals surface area (Å²) in [4.78, 5) is 32.9. The molecule has 9 nitrogen and oxygen atoms in total. The van der Waals surface area contributed by atoms with Crippen molar-refractivity contribution >= 4 is 23.3 Å². The molecule has 1 aromatic carbocycles. The van der Waals surface area contributed by atoms with Crippen molar-refractivity contribution in [2.24, 2.45) is 0 Å². The highest BCUT2D eigenvalue weighted by molar-refractivity contribution is 5.90. The van der Waals surface area contributed by atoms with Gasteiger partial charge in [0.25, 0.3) is 0 Å². The number of nitrogens with zero attached hydrogens (tertiary/aromatic N) is 5. The van der Waals surface area contributed by atoms with Gasteiger partial charge in [-0.2, -0.15) is 5.10 Å². The Morgan fingerprint density at radius 3 is 2.68 bits per heavy atom. The fourth-order valence-corrected chi connectivity index (χ4v) is 3.71. The van der Waals surface area contributed by atoms with Crippen LogP contribution in [-0.2, 0) is 16.1 Å². The molecule has 3 heterocycles. The summed E-state index contributed by atoms with van der Waals surface area (Å²) in [7, 11) is 0. The Hall–Kier alpha value is -3.95. The summed E-state index contributed by atoms with van der Waals surface area (Å²) in [5.74, 6) is 0.810. The summed E-state index contributed by atoms with van der Waals surface area (Å²) in [5, 5.41) is 6.97. The number of halogens is 1. The van der Waals surface area contributed by atoms with Gasteiger partial charge in [-0.05, 0) is 30.7 Å². The first kappa shape index (κ1) is 23.2. The molecule has 178 valence electrons. The van der Waals surface area contributed by atoms with Crippen LogP contribution in [0.5, 0.6) is 5.75 Å². The van der Waals surface area contributed by atoms with Crippen molar-refractivity contribution in [1.29, 1.82) is 0 Å². The summed E-state index contributed by atoms with van der Waals surface area (Å²) in [6.07, 6.45) is 5.35. The van der Waals surface area contributed by atoms with Crippen LogP contribution >= 0.6 is 0 Å². The van der Waals surface area contributed by atoms with Gasteiger partial charge in [0.1, 0.15) is 23.9 Å². The minimum absolute atomic E-state index is 0.0499. The van der Waals surface area contributed by atoms with E-state index in [-0.39, 0.29) is 37.2 Å². The molecular weight excluding hydrogens is 439 g/mol. The quantitative estimate of drug-likeness (QED) is 0.549. The Morgan fingerprint density at radius 1 is 1.03 bits per heavy atom. The van der Waals surface area contributed by atoms with Crippen molar-refractivity contribution < 1.29 is 18.7 Å². The Bertz CT molecular complexity index is 1090. The molecule has 2 amide bonds. The van der Waals surface area contributed by atoms with Crippen molar-refractivity contribution in [3.05, 3.63) is 66.9 Å². The molecule has 0 aliphatic carbocycles. The number of carbonyl (C=O) groups excluding carboxylic acids is 2. The van der Waals surface area contributed by atoms with E-state index in [0.717, 1.165) is 13.0 Å². The van der Waals surface area contributed by atoms with E-state index in [1.165, 1.54) is 23.1 Å². The highest BCUT2D eigenvalue weighted by Crippen LogP contribution is 2.15. The SMILES string of the molecule is O=C(CCOc1ccccc1)Nc1cnn(CC(=O)N2CCCN(c3ccc(F)cn3)CC2)c1. The highest BCUT2D eigenvalue weighted by atomic mass is 19.1. The summed E-state index contributed by atoms with van der Waals surface area (Å²) in [5.41, 5.74) is 0.530. The zero-order valence-corrected chi connectivity index (χ0v) is 18.8. The number of hydrogen-bond acceptors (Lipinski definition) is 6. The van der Waals surface area contributed by atoms with Crippen LogP contribution in [0.3, 0.4) is 0 Å². The monoisotopic (exact) mass is 466 g/mol. The molecular formula is C24H27FN6O3. The second kappa shape index (κ2) is 11.3. The third-order valence-electron chi connectivity index (χ3n) is 5.44. The normalized spacial score (nSPS) is 13.9. The minimum atomic E-state index is -0.370. The number of amides is 2. The van der Waals surface area contributed by atoms with Gasteiger partial charge in [-0.1, -0.05) is 18.2 Å². The smallest absolute Gasteiger partial charge is 0.244 e. The van der Waals surface area contributed by atoms with E-state index in [0.29, 0.717) is 36.9 Å². The first-order chi connectivity index (χ1) is 16.6. The molecule has 0 bridgehead atoms. The first-order valence-corrected chi connectivity index (χ1v) is 11.2. The average molecular weight is 467 g/mol. The van der Waals surface area contributed by atoms with Crippen LogP contribution in [0.1, 0.15) is 12.8 Å². The predicted molar refractivity (Wildman–Crippen MR) is 125 cm³/mol. The predicted octanol–water partition coefficient (Wildman–Crippen LogP) is 2.56. The van der Waals surface area contributed by atoms with E-state index in [9.17, 15) is 14.0 Å². The van der Waals surface area contributed by atoms with Crippen molar-refractivity contribution in [2.45, 2.75) is 19.4 Å². The van der Waals surface area contributed by atoms with Gasteiger partial charge in [-0.3, -0.25) is 14.3 Å². The van der Waals surface area contributed by atoms with E-state index >= 15 is 0 Å². The molecule has 0 unspecified atom stereocenters. The Kier molecular flexibility index (Phi) is 7.69. The zero-order chi connectivity index (χ0) is 23.8. The summed E-state index contributed by atoms with van der Waals surface area (Å²) in [6, 6.07) is 12.3. The lowest BCUT2D eigenvalue weighted by Gasteiger charge is -2.22. The molecule has 1 aliphatic rings. The number of ether oxygens (including phenoxy) is 1. The molecule has 34 heavy (non-hydrogen) atoms. The lowest BCUT2D eigenvalue weighted by molar-refractivity contribution is -0.131. The first-order valence-electron chi connectivity index (χ1n) is 11.2. The molecule has 1 N–H and O–H groups in total. The van der Waals surface area contributed by atoms with Gasteiger partial charge in [0.2, 0.25) is 11.8 Å². The molecule has 1 fully saturated rings. The minimum Gasteiger partial charge on any atom is -0.493 e. The Morgan fingerprint density at radius 2 is 1.88 bits per heavy atom. The number of pyridine rings is 1. The molecule has 0 radical (unpaired) electrons. The fraction of sp³-hybridized carbons (Fsp3) is 0.333. The molecule has 1 aliphatic heterocycles. The van der Waals surface area contributed by atoms with Crippen molar-refractivity contribution in [2.75, 3.05) is 43.0 Å². The largest absolute Gasteiger partial charge is 0.493 e. The van der Waals surface area contributed by atoms with Gasteiger partial charge in [-0.15, -0.1) is 0 Å². The van der Waals surface area contributed by atoms with Gasteiger partial charge in [0.05, 0.1) is 31.1 Å². The molecule has 0 spiro atoms. The Labute approximate surface area is 197 Å². The summed E-state index contributed by atoms with van der Waals surface area (Å²) in [6.45, 7) is 2.89. The van der Waals surface area contributed by atoms with E-state index in [1.54, 1.807) is 17.2 Å². The van der Waals surface area contributed by atoms with Crippen LogP contribution in [0.4, 0.5) is 15.9 Å². The van der Waals surface area contributed by atoms with Crippen LogP contribution in [0.2, 0.25) is 0 Å². The van der Waals surface area contributed by atoms with E-state index in [2.05, 4.69) is 20.3 Å². The van der Waals surface area contributed by atoms with Gasteiger partial charge < -0.3 is 19.9 Å². The molecule has 1 saturated heterocycles. The number of anilines is 2. The van der Waals surface area contributed by atoms with E-state index < -0.39 is 0 Å². The lowest BCUT2D eigenvalue weighted by atomic mass is 10.3. The number of benzene rings is 1. The second-order valence-electron chi connectivity index (χ2n) is 7.94. The van der Waals surface area contributed by atoms with Crippen molar-refractivity contribution in [3.8, 4) is 5.75 Å². The number of rotatable bonds is 8. The third kappa shape index (κ3) is 6.53. The van der Waals surface area contributed by atoms with Gasteiger partial charge in [0.15, 0.2) is 0 Å². The number of aromatic nitrogens is 3. The molecule has 4 rings (SSSR count). The molecule has 2 aromatic heterocycles. The number of carbonyl (C=O) groups is 2. The van der Waals surface area contributed by atoms with Crippen LogP contribution in [0.15, 0.2) is 61.1 Å². The maximum atomic E-state index is 13.1. The average Bonchev–Trinajstić information content (AvgIpc) is 3.12. The van der Waals surface area contributed by atoms with E-state index in [4.69, 9.17) is 4.74 Å². The van der Waals surface area contributed by atoms with Gasteiger partial charge in [-0.25, -0.2) is 9.37 Å². The summed E-state index contributed by atoms with van der Waals surface area (Å²) >= 11 is 0. The van der Waals surface area contributed by atoms with Crippen LogP contribution < -0.4 is 15.0 Å². The molecule has 0 saturated carbocycles. The topological polar surface area (TPSA) is 92.6 Å². The number of hydrogen-bond donors (Lipinski definition) is 1. The zero-order valence-electron chi connectivity index (χ0n) is 18.8. The second-order valence-corrected chi connectivity index (χ2v) is 7.94. The fourth-order valence-electron chi connectivity index (χ4n) is 3.71. The van der Waals surface area contributed by atoms with Crippen LogP contribution in [0.25, 0.3) is 0 Å². The third-order valence-corrected chi connectivity index (χ3v) is 5.44. The molecule has 10 heteroatoms. The molecule has 0 atom stereocenters. The number of nitrogens with one attached hydrogen (secondary N) is 1. The standard InChI is InChI=1S/C24H27FN6O3/c25-19-7-8-22(26-15-19)29-10-4-11-30(13-12-29)24(33)18-31-17-20(16-27-31)28-23(32)9-14-34-21-5-2-1-3-6-21/h1-3,5-8,15-17H,4,9-14,18H2,(H,28,32). The van der Waals surface area contributed by atoms with Crippen molar-refractivity contribution in [1.82, 2.24) is 19.7 Å². The highest BCUT2D eigenvalue weighted by Gasteiger charge is 2.20. The molecule has 3 aromatic rings. The van der Waals surface area contributed by atoms with Gasteiger partial charge in [0, 0.05) is 32.4 Å². The lowest BCUT2D eigenvalue weighted by Crippen LogP contribution is -2.37. The maximum absolute atomic E-state index is 13.1. The van der Waals surface area contributed by atoms with Crippen molar-refractivity contribution in [3.63, 3.8) is 0 Å². The van der Waals surface area contributed by atoms with Crippen LogP contribution in [-0.4, -0.2) is 64.3 Å².